The molecule has 0 aliphatic rings. The summed E-state index contributed by atoms with van der Waals surface area (Å²) in [6.07, 6.45) is 3.08. The lowest BCUT2D eigenvalue weighted by Crippen LogP contribution is -2.37. The number of nitrogens with one attached hydrogen (secondary N) is 1. The van der Waals surface area contributed by atoms with Crippen molar-refractivity contribution in [3.63, 3.8) is 0 Å². The lowest BCUT2D eigenvalue weighted by molar-refractivity contribution is 0.0933. The molecule has 6 heteroatoms. The van der Waals surface area contributed by atoms with Crippen LogP contribution in [0.5, 0.6) is 5.88 Å². The van der Waals surface area contributed by atoms with Crippen molar-refractivity contribution in [1.29, 1.82) is 0 Å². The van der Waals surface area contributed by atoms with Crippen LogP contribution < -0.4 is 10.9 Å². The quantitative estimate of drug-likeness (QED) is 0.740. The van der Waals surface area contributed by atoms with Crippen LogP contribution in [0.15, 0.2) is 53.5 Å². The number of nitrogens with zero attached hydrogens (tertiary/aromatic N) is 2. The molecule has 1 aromatic carbocycles. The van der Waals surface area contributed by atoms with Gasteiger partial charge in [-0.2, -0.15) is 4.98 Å². The fourth-order valence-corrected chi connectivity index (χ4v) is 2.82. The predicted molar refractivity (Wildman–Crippen MR) is 99.6 cm³/mol. The van der Waals surface area contributed by atoms with E-state index in [1.807, 2.05) is 44.2 Å². The number of pyridine rings is 1. The van der Waals surface area contributed by atoms with Crippen LogP contribution in [0, 0.1) is 6.92 Å². The molecule has 0 fully saturated rings. The van der Waals surface area contributed by atoms with Crippen LogP contribution in [0.1, 0.15) is 34.8 Å². The molecule has 0 bridgehead atoms. The third kappa shape index (κ3) is 3.74. The van der Waals surface area contributed by atoms with Gasteiger partial charge in [0.15, 0.2) is 5.56 Å². The summed E-state index contributed by atoms with van der Waals surface area (Å²) in [5.41, 5.74) is 1.47. The summed E-state index contributed by atoms with van der Waals surface area (Å²) in [5, 5.41) is 12.9. The highest BCUT2D eigenvalue weighted by Gasteiger charge is 2.21. The molecule has 2 heterocycles. The lowest BCUT2D eigenvalue weighted by Gasteiger charge is -2.14. The zero-order valence-corrected chi connectivity index (χ0v) is 14.8. The number of rotatable bonds is 5. The first-order valence-electron chi connectivity index (χ1n) is 8.52. The van der Waals surface area contributed by atoms with Gasteiger partial charge in [-0.15, -0.1) is 0 Å². The molecule has 6 nitrogen and oxygen atoms in total. The van der Waals surface area contributed by atoms with Crippen LogP contribution in [-0.2, 0) is 6.42 Å². The average Bonchev–Trinajstić information content (AvgIpc) is 2.60. The molecule has 2 N–H and O–H groups in total. The number of fused-ring (bicyclic) bond motifs is 1. The van der Waals surface area contributed by atoms with Gasteiger partial charge in [-0.1, -0.05) is 30.3 Å². The normalized spacial score (nSPS) is 12.1. The zero-order chi connectivity index (χ0) is 18.7. The van der Waals surface area contributed by atoms with Crippen LogP contribution in [0.3, 0.4) is 0 Å². The van der Waals surface area contributed by atoms with E-state index >= 15 is 0 Å². The Bertz CT molecular complexity index is 996. The van der Waals surface area contributed by atoms with E-state index in [-0.39, 0.29) is 11.6 Å². The predicted octanol–water partition coefficient (Wildman–Crippen LogP) is 2.46. The third-order valence-electron chi connectivity index (χ3n) is 4.28. The van der Waals surface area contributed by atoms with Crippen LogP contribution >= 0.6 is 0 Å². The Balaban J connectivity index is 1.77. The highest BCUT2D eigenvalue weighted by Crippen LogP contribution is 2.13. The molecule has 0 radical (unpaired) electrons. The van der Waals surface area contributed by atoms with E-state index in [4.69, 9.17) is 0 Å². The largest absolute Gasteiger partial charge is 0.493 e. The number of aryl methyl sites for hydroxylation is 2. The zero-order valence-electron chi connectivity index (χ0n) is 14.8. The average molecular weight is 351 g/mol. The molecule has 1 amide bonds. The summed E-state index contributed by atoms with van der Waals surface area (Å²) >= 11 is 0. The molecule has 3 aromatic rings. The number of amides is 1. The molecule has 0 aliphatic carbocycles. The highest BCUT2D eigenvalue weighted by atomic mass is 16.3. The van der Waals surface area contributed by atoms with Crippen LogP contribution in [0.25, 0.3) is 5.65 Å². The van der Waals surface area contributed by atoms with Gasteiger partial charge in [0.1, 0.15) is 5.65 Å². The van der Waals surface area contributed by atoms with Crippen LogP contribution in [0.4, 0.5) is 0 Å². The maximum absolute atomic E-state index is 12.6. The van der Waals surface area contributed by atoms with Gasteiger partial charge in [0.05, 0.1) is 0 Å². The van der Waals surface area contributed by atoms with E-state index < -0.39 is 17.3 Å². The Hall–Kier alpha value is -3.15. The molecule has 2 aromatic heterocycles. The van der Waals surface area contributed by atoms with Gasteiger partial charge in [0.2, 0.25) is 5.88 Å². The number of carbonyl (C=O) groups excluding carboxylic acids is 1. The lowest BCUT2D eigenvalue weighted by atomic mass is 10.1. The number of aromatic hydroxyl groups is 1. The van der Waals surface area contributed by atoms with Gasteiger partial charge in [-0.3, -0.25) is 14.0 Å². The fourth-order valence-electron chi connectivity index (χ4n) is 2.82. The second-order valence-corrected chi connectivity index (χ2v) is 6.45. The van der Waals surface area contributed by atoms with Gasteiger partial charge in [-0.05, 0) is 49.9 Å². The van der Waals surface area contributed by atoms with Gasteiger partial charge in [0, 0.05) is 12.2 Å². The minimum Gasteiger partial charge on any atom is -0.493 e. The van der Waals surface area contributed by atoms with Gasteiger partial charge >= 0.3 is 0 Å². The van der Waals surface area contributed by atoms with E-state index in [1.54, 1.807) is 18.3 Å². The molecular weight excluding hydrogens is 330 g/mol. The number of carbonyl (C=O) groups is 1. The molecule has 0 unspecified atom stereocenters. The van der Waals surface area contributed by atoms with E-state index in [1.165, 1.54) is 9.96 Å². The van der Waals surface area contributed by atoms with Crippen molar-refractivity contribution in [2.24, 2.45) is 0 Å². The number of benzene rings is 1. The second-order valence-electron chi connectivity index (χ2n) is 6.45. The molecular formula is C20H21N3O3. The summed E-state index contributed by atoms with van der Waals surface area (Å²) < 4.78 is 1.26. The molecule has 3 rings (SSSR count). The molecule has 0 aliphatic heterocycles. The smallest absolute Gasteiger partial charge is 0.274 e. The van der Waals surface area contributed by atoms with Crippen molar-refractivity contribution in [3.05, 3.63) is 75.7 Å². The Labute approximate surface area is 151 Å². The van der Waals surface area contributed by atoms with E-state index in [0.29, 0.717) is 5.65 Å². The monoisotopic (exact) mass is 351 g/mol. The summed E-state index contributed by atoms with van der Waals surface area (Å²) in [6, 6.07) is 13.2. The highest BCUT2D eigenvalue weighted by molar-refractivity contribution is 5.96. The summed E-state index contributed by atoms with van der Waals surface area (Å²) in [6.45, 7) is 3.73. The van der Waals surface area contributed by atoms with Crippen LogP contribution in [0.2, 0.25) is 0 Å². The maximum Gasteiger partial charge on any atom is 0.274 e. The first-order valence-corrected chi connectivity index (χ1v) is 8.52. The topological polar surface area (TPSA) is 83.7 Å². The summed E-state index contributed by atoms with van der Waals surface area (Å²) in [5.74, 6) is -1.16. The molecule has 0 saturated carbocycles. The Kier molecular flexibility index (Phi) is 5.02. The van der Waals surface area contributed by atoms with Crippen molar-refractivity contribution in [1.82, 2.24) is 14.7 Å². The minimum absolute atomic E-state index is 0.153. The summed E-state index contributed by atoms with van der Waals surface area (Å²) in [4.78, 5) is 29.0. The number of hydrogen-bond acceptors (Lipinski definition) is 4. The molecule has 0 saturated heterocycles. The van der Waals surface area contributed by atoms with E-state index in [9.17, 15) is 14.7 Å². The molecule has 134 valence electrons. The Morgan fingerprint density at radius 3 is 2.73 bits per heavy atom. The molecule has 0 spiro atoms. The first-order chi connectivity index (χ1) is 12.5. The molecule has 1 atom stereocenters. The fraction of sp³-hybridized carbons (Fsp3) is 0.250. The Morgan fingerprint density at radius 2 is 2.00 bits per heavy atom. The van der Waals surface area contributed by atoms with Crippen molar-refractivity contribution in [2.45, 2.75) is 32.7 Å². The number of hydrogen-bond donors (Lipinski definition) is 2. The maximum atomic E-state index is 12.6. The van der Waals surface area contributed by atoms with Gasteiger partial charge < -0.3 is 10.4 Å². The van der Waals surface area contributed by atoms with E-state index in [2.05, 4.69) is 10.3 Å². The summed E-state index contributed by atoms with van der Waals surface area (Å²) in [7, 11) is 0. The number of aromatic nitrogens is 2. The minimum atomic E-state index is -0.615. The standard InChI is InChI=1S/C20H21N3O3/c1-13-10-11-23-16(12-13)22-19(25)17(20(23)26)18(24)21-14(2)8-9-15-6-4-3-5-7-15/h3-7,10-12,14,25H,8-9H2,1-2H3,(H,21,24)/t14-/m1/s1. The Morgan fingerprint density at radius 1 is 1.27 bits per heavy atom. The van der Waals surface area contributed by atoms with E-state index in [0.717, 1.165) is 18.4 Å². The van der Waals surface area contributed by atoms with Crippen molar-refractivity contribution >= 4 is 11.6 Å². The SMILES string of the molecule is Cc1ccn2c(=O)c(C(=O)N[C@H](C)CCc3ccccc3)c(O)nc2c1. The third-order valence-corrected chi connectivity index (χ3v) is 4.28. The van der Waals surface area contributed by atoms with Gasteiger partial charge in [0.25, 0.3) is 11.5 Å². The second kappa shape index (κ2) is 7.39. The van der Waals surface area contributed by atoms with Crippen molar-refractivity contribution in [2.75, 3.05) is 0 Å². The van der Waals surface area contributed by atoms with Gasteiger partial charge in [-0.25, -0.2) is 0 Å². The van der Waals surface area contributed by atoms with Crippen molar-refractivity contribution < 1.29 is 9.90 Å². The van der Waals surface area contributed by atoms with Crippen LogP contribution in [-0.4, -0.2) is 26.4 Å². The van der Waals surface area contributed by atoms with Crippen molar-refractivity contribution in [3.8, 4) is 5.88 Å². The molecule has 26 heavy (non-hydrogen) atoms. The first kappa shape index (κ1) is 17.7.